The van der Waals surface area contributed by atoms with Gasteiger partial charge < -0.3 is 0 Å². The molecule has 26 heavy (non-hydrogen) atoms. The van der Waals surface area contributed by atoms with Gasteiger partial charge in [-0.2, -0.15) is 4.68 Å². The number of benzene rings is 2. The summed E-state index contributed by atoms with van der Waals surface area (Å²) in [4.78, 5) is 27.2. The maximum Gasteiger partial charge on any atom is 0.373 e. The van der Waals surface area contributed by atoms with E-state index in [1.54, 1.807) is 0 Å². The summed E-state index contributed by atoms with van der Waals surface area (Å²) in [6, 6.07) is 17.7. The molecule has 0 aliphatic heterocycles. The van der Waals surface area contributed by atoms with E-state index in [1.165, 1.54) is 9.58 Å². The molecule has 7 nitrogen and oxygen atoms in total. The number of aromatic nitrogens is 4. The molecule has 1 unspecified atom stereocenters. The minimum atomic E-state index is -0.562. The number of para-hydroxylation sites is 1. The summed E-state index contributed by atoms with van der Waals surface area (Å²) >= 11 is 0. The molecule has 3 rings (SSSR count). The lowest BCUT2D eigenvalue weighted by molar-refractivity contribution is 0.242. The molecule has 7 heteroatoms. The highest BCUT2D eigenvalue weighted by atomic mass is 16.2. The molecule has 0 aliphatic carbocycles. The second-order valence-electron chi connectivity index (χ2n) is 6.29. The number of nitrogens with zero attached hydrogens (tertiary/aromatic N) is 5. The Labute approximate surface area is 151 Å². The van der Waals surface area contributed by atoms with Gasteiger partial charge in [-0.3, -0.25) is 4.90 Å². The zero-order chi connectivity index (χ0) is 18.7. The third-order valence-corrected chi connectivity index (χ3v) is 4.19. The van der Waals surface area contributed by atoms with Crippen LogP contribution in [0.15, 0.2) is 65.5 Å². The predicted octanol–water partition coefficient (Wildman–Crippen LogP) is 2.93. The number of hydrogen-bond donors (Lipinski definition) is 0. The van der Waals surface area contributed by atoms with Gasteiger partial charge in [-0.1, -0.05) is 48.5 Å². The molecule has 0 bridgehead atoms. The highest BCUT2D eigenvalue weighted by molar-refractivity contribution is 5.93. The van der Waals surface area contributed by atoms with Crippen molar-refractivity contribution < 1.29 is 4.79 Å². The summed E-state index contributed by atoms with van der Waals surface area (Å²) < 4.78 is 2.03. The smallest absolute Gasteiger partial charge is 0.290 e. The Morgan fingerprint density at radius 2 is 1.50 bits per heavy atom. The molecule has 1 aromatic heterocycles. The average molecular weight is 351 g/mol. The van der Waals surface area contributed by atoms with Gasteiger partial charge in [0.05, 0.1) is 6.04 Å². The van der Waals surface area contributed by atoms with E-state index >= 15 is 0 Å². The molecule has 0 fully saturated rings. The van der Waals surface area contributed by atoms with Crippen molar-refractivity contribution in [2.24, 2.45) is 0 Å². The van der Waals surface area contributed by atoms with E-state index in [0.717, 1.165) is 10.2 Å². The lowest BCUT2D eigenvalue weighted by atomic mass is 10.1. The number of anilines is 1. The Morgan fingerprint density at radius 1 is 0.923 bits per heavy atom. The van der Waals surface area contributed by atoms with Gasteiger partial charge >= 0.3 is 11.7 Å². The molecule has 1 amide bonds. The second-order valence-corrected chi connectivity index (χ2v) is 6.29. The Kier molecular flexibility index (Phi) is 4.97. The molecule has 0 saturated heterocycles. The van der Waals surface area contributed by atoms with E-state index in [4.69, 9.17) is 0 Å². The minimum absolute atomic E-state index is 0.145. The van der Waals surface area contributed by atoms with Gasteiger partial charge in [0, 0.05) is 11.7 Å². The summed E-state index contributed by atoms with van der Waals surface area (Å²) in [6.07, 6.45) is 0. The van der Waals surface area contributed by atoms with Gasteiger partial charge in [0.1, 0.15) is 0 Å². The fourth-order valence-corrected chi connectivity index (χ4v) is 2.81. The monoisotopic (exact) mass is 351 g/mol. The van der Waals surface area contributed by atoms with Gasteiger partial charge in [-0.15, -0.1) is 4.68 Å². The van der Waals surface area contributed by atoms with Crippen molar-refractivity contribution in [3.05, 3.63) is 76.7 Å². The normalized spacial score (nSPS) is 12.2. The van der Waals surface area contributed by atoms with Crippen LogP contribution in [-0.4, -0.2) is 31.9 Å². The molecule has 2 aromatic carbocycles. The topological polar surface area (TPSA) is 73.0 Å². The van der Waals surface area contributed by atoms with Crippen LogP contribution in [0.1, 0.15) is 32.4 Å². The Bertz CT molecular complexity index is 931. The highest BCUT2D eigenvalue weighted by Crippen LogP contribution is 2.18. The number of amides is 1. The molecule has 0 saturated carbocycles. The van der Waals surface area contributed by atoms with Crippen LogP contribution in [0.4, 0.5) is 10.5 Å². The molecule has 0 radical (unpaired) electrons. The fraction of sp³-hybridized carbons (Fsp3) is 0.263. The van der Waals surface area contributed by atoms with Crippen molar-refractivity contribution in [1.82, 2.24) is 19.8 Å². The second kappa shape index (κ2) is 7.35. The van der Waals surface area contributed by atoms with E-state index < -0.39 is 11.7 Å². The highest BCUT2D eigenvalue weighted by Gasteiger charge is 2.26. The van der Waals surface area contributed by atoms with Gasteiger partial charge in [-0.05, 0) is 48.9 Å². The first-order valence-electron chi connectivity index (χ1n) is 8.48. The average Bonchev–Trinajstić information content (AvgIpc) is 3.04. The summed E-state index contributed by atoms with van der Waals surface area (Å²) in [5.41, 5.74) is 1.05. The number of carbonyl (C=O) groups excluding carboxylic acids is 1. The van der Waals surface area contributed by atoms with E-state index in [2.05, 4.69) is 10.4 Å². The number of tetrazole rings is 1. The SMILES string of the molecule is CC(C)N(C(=O)n1nnn(C(C)c2ccccc2)c1=O)c1ccccc1. The van der Waals surface area contributed by atoms with Gasteiger partial charge in [0.2, 0.25) is 0 Å². The largest absolute Gasteiger partial charge is 0.373 e. The summed E-state index contributed by atoms with van der Waals surface area (Å²) in [5, 5.41) is 7.74. The Balaban J connectivity index is 1.96. The standard InChI is InChI=1S/C19H21N5O2/c1-14(2)22(17-12-8-5-9-13-17)18(25)24-19(26)23(20-21-24)15(3)16-10-6-4-7-11-16/h4-15H,1-3H3. The van der Waals surface area contributed by atoms with Crippen LogP contribution in [0.3, 0.4) is 0 Å². The number of rotatable bonds is 4. The minimum Gasteiger partial charge on any atom is -0.290 e. The van der Waals surface area contributed by atoms with Crippen molar-refractivity contribution in [1.29, 1.82) is 0 Å². The molecule has 0 N–H and O–H groups in total. The molecule has 1 heterocycles. The zero-order valence-electron chi connectivity index (χ0n) is 15.0. The van der Waals surface area contributed by atoms with E-state index in [0.29, 0.717) is 5.69 Å². The van der Waals surface area contributed by atoms with E-state index in [9.17, 15) is 9.59 Å². The molecule has 3 aromatic rings. The molecule has 0 spiro atoms. The zero-order valence-corrected chi connectivity index (χ0v) is 15.0. The Hall–Kier alpha value is -3.22. The summed E-state index contributed by atoms with van der Waals surface area (Å²) in [7, 11) is 0. The first-order valence-corrected chi connectivity index (χ1v) is 8.48. The van der Waals surface area contributed by atoms with Crippen molar-refractivity contribution in [3.63, 3.8) is 0 Å². The van der Waals surface area contributed by atoms with Crippen molar-refractivity contribution >= 4 is 11.7 Å². The first-order chi connectivity index (χ1) is 12.5. The maximum absolute atomic E-state index is 13.0. The first kappa shape index (κ1) is 17.6. The van der Waals surface area contributed by atoms with Crippen LogP contribution < -0.4 is 10.6 Å². The molecule has 1 atom stereocenters. The van der Waals surface area contributed by atoms with Crippen molar-refractivity contribution in [2.75, 3.05) is 4.90 Å². The van der Waals surface area contributed by atoms with Gasteiger partial charge in [-0.25, -0.2) is 9.59 Å². The van der Waals surface area contributed by atoms with Crippen molar-refractivity contribution in [2.45, 2.75) is 32.9 Å². The van der Waals surface area contributed by atoms with Crippen LogP contribution in [-0.2, 0) is 0 Å². The Morgan fingerprint density at radius 3 is 2.08 bits per heavy atom. The molecule has 0 aliphatic rings. The van der Waals surface area contributed by atoms with Crippen LogP contribution in [0.25, 0.3) is 0 Å². The summed E-state index contributed by atoms with van der Waals surface area (Å²) in [5.74, 6) is 0. The summed E-state index contributed by atoms with van der Waals surface area (Å²) in [6.45, 7) is 5.61. The lowest BCUT2D eigenvalue weighted by Crippen LogP contribution is -2.45. The van der Waals surface area contributed by atoms with Gasteiger partial charge in [0.15, 0.2) is 0 Å². The van der Waals surface area contributed by atoms with Crippen LogP contribution in [0.5, 0.6) is 0 Å². The van der Waals surface area contributed by atoms with E-state index in [1.807, 2.05) is 81.4 Å². The molecular weight excluding hydrogens is 330 g/mol. The molecular formula is C19H21N5O2. The maximum atomic E-state index is 13.0. The van der Waals surface area contributed by atoms with Crippen LogP contribution in [0.2, 0.25) is 0 Å². The third kappa shape index (κ3) is 3.28. The van der Waals surface area contributed by atoms with E-state index in [-0.39, 0.29) is 12.1 Å². The molecule has 134 valence electrons. The lowest BCUT2D eigenvalue weighted by Gasteiger charge is -2.25. The number of carbonyl (C=O) groups is 1. The van der Waals surface area contributed by atoms with Crippen LogP contribution >= 0.6 is 0 Å². The van der Waals surface area contributed by atoms with Crippen molar-refractivity contribution in [3.8, 4) is 0 Å². The fourth-order valence-electron chi connectivity index (χ4n) is 2.81. The quantitative estimate of drug-likeness (QED) is 0.678. The predicted molar refractivity (Wildman–Crippen MR) is 99.4 cm³/mol. The van der Waals surface area contributed by atoms with Crippen LogP contribution in [0, 0.1) is 0 Å². The third-order valence-electron chi connectivity index (χ3n) is 4.19. The number of hydrogen-bond acceptors (Lipinski definition) is 4. The van der Waals surface area contributed by atoms with Gasteiger partial charge in [0.25, 0.3) is 0 Å².